The zero-order valence-corrected chi connectivity index (χ0v) is 4.59. The highest BCUT2D eigenvalue weighted by Gasteiger charge is 1.80. The van der Waals surface area contributed by atoms with Crippen molar-refractivity contribution in [1.29, 1.82) is 0 Å². The van der Waals surface area contributed by atoms with Crippen LogP contribution in [0.15, 0.2) is 0 Å². The lowest BCUT2D eigenvalue weighted by molar-refractivity contribution is 1.05. The molecule has 28 valence electrons. The van der Waals surface area contributed by atoms with E-state index in [4.69, 9.17) is 7.85 Å². The molecular formula is C3H8BP. The average Bonchev–Trinajstić information content (AvgIpc) is 1.38. The van der Waals surface area contributed by atoms with E-state index in [0.717, 1.165) is 6.42 Å². The molecule has 0 spiro atoms. The molecule has 0 N–H and O–H groups in total. The monoisotopic (exact) mass is 86.0 g/mol. The maximum absolute atomic E-state index is 5.25. The summed E-state index contributed by atoms with van der Waals surface area (Å²) in [4.78, 5) is 0. The second-order valence-electron chi connectivity index (χ2n) is 1.07. The highest BCUT2D eigenvalue weighted by atomic mass is 31.0. The highest BCUT2D eigenvalue weighted by molar-refractivity contribution is 7.20. The Bertz CT molecular complexity index is 20.9. The van der Waals surface area contributed by atoms with Crippen molar-refractivity contribution in [2.45, 2.75) is 18.9 Å². The van der Waals surface area contributed by atoms with Crippen LogP contribution in [0.2, 0.25) is 0 Å². The third kappa shape index (κ3) is 4.49. The van der Waals surface area contributed by atoms with Gasteiger partial charge in [0, 0.05) is 0 Å². The standard InChI is InChI=1S/C3H8BP/c1-2-3(4)5/h3H,2,5H2,1H3. The molecule has 2 heteroatoms. The van der Waals surface area contributed by atoms with Crippen molar-refractivity contribution in [1.82, 2.24) is 0 Å². The summed E-state index contributed by atoms with van der Waals surface area (Å²) in [6.07, 6.45) is 1.05. The van der Waals surface area contributed by atoms with Gasteiger partial charge in [0.2, 0.25) is 0 Å². The molecule has 0 aromatic carbocycles. The first-order valence-electron chi connectivity index (χ1n) is 1.78. The summed E-state index contributed by atoms with van der Waals surface area (Å²) in [5.41, 5.74) is 0.301. The summed E-state index contributed by atoms with van der Waals surface area (Å²) < 4.78 is 0. The fraction of sp³-hybridized carbons (Fsp3) is 1.00. The summed E-state index contributed by atoms with van der Waals surface area (Å²) in [6.45, 7) is 2.05. The third-order valence-corrected chi connectivity index (χ3v) is 0.943. The average molecular weight is 85.9 g/mol. The molecule has 0 aliphatic rings. The molecule has 0 aromatic rings. The van der Waals surface area contributed by atoms with Crippen molar-refractivity contribution in [3.63, 3.8) is 0 Å². The lowest BCUT2D eigenvalue weighted by Gasteiger charge is -1.90. The van der Waals surface area contributed by atoms with Crippen LogP contribution >= 0.6 is 9.24 Å². The second kappa shape index (κ2) is 2.72. The van der Waals surface area contributed by atoms with Gasteiger partial charge in [-0.3, -0.25) is 0 Å². The van der Waals surface area contributed by atoms with E-state index < -0.39 is 0 Å². The fourth-order valence-electron chi connectivity index (χ4n) is 0. The van der Waals surface area contributed by atoms with Crippen LogP contribution < -0.4 is 0 Å². The van der Waals surface area contributed by atoms with Gasteiger partial charge in [-0.05, 0) is 0 Å². The molecule has 0 aliphatic carbocycles. The maximum atomic E-state index is 5.25. The molecular weight excluding hydrogens is 77.8 g/mol. The topological polar surface area (TPSA) is 0 Å². The van der Waals surface area contributed by atoms with E-state index in [-0.39, 0.29) is 0 Å². The Kier molecular flexibility index (Phi) is 2.99. The summed E-state index contributed by atoms with van der Waals surface area (Å²) in [5.74, 6) is 0. The normalized spacial score (nSPS) is 14.8. The first-order chi connectivity index (χ1) is 2.27. The molecule has 0 aliphatic heterocycles. The maximum Gasteiger partial charge on any atom is 0.0756 e. The van der Waals surface area contributed by atoms with Crippen LogP contribution in [0.4, 0.5) is 0 Å². The molecule has 2 atom stereocenters. The van der Waals surface area contributed by atoms with E-state index >= 15 is 0 Å². The zero-order valence-electron chi connectivity index (χ0n) is 3.44. The molecule has 2 radical (unpaired) electrons. The predicted molar refractivity (Wildman–Crippen MR) is 29.5 cm³/mol. The van der Waals surface area contributed by atoms with Gasteiger partial charge in [0.25, 0.3) is 0 Å². The van der Waals surface area contributed by atoms with Crippen molar-refractivity contribution >= 4 is 17.1 Å². The number of hydrogen-bond acceptors (Lipinski definition) is 0. The minimum absolute atomic E-state index is 0.301. The van der Waals surface area contributed by atoms with Gasteiger partial charge in [0.1, 0.15) is 0 Å². The van der Waals surface area contributed by atoms with Crippen LogP contribution in [0.3, 0.4) is 0 Å². The molecule has 0 bridgehead atoms. The molecule has 0 aromatic heterocycles. The van der Waals surface area contributed by atoms with Crippen molar-refractivity contribution in [2.75, 3.05) is 0 Å². The van der Waals surface area contributed by atoms with Crippen LogP contribution in [0.25, 0.3) is 0 Å². The van der Waals surface area contributed by atoms with Gasteiger partial charge in [-0.1, -0.05) is 18.9 Å². The van der Waals surface area contributed by atoms with E-state index in [2.05, 4.69) is 16.2 Å². The molecule has 2 unspecified atom stereocenters. The summed E-state index contributed by atoms with van der Waals surface area (Å²) >= 11 is 0. The van der Waals surface area contributed by atoms with Gasteiger partial charge < -0.3 is 0 Å². The lowest BCUT2D eigenvalue weighted by atomic mass is 10.0. The highest BCUT2D eigenvalue weighted by Crippen LogP contribution is 1.95. The van der Waals surface area contributed by atoms with Crippen LogP contribution in [0.1, 0.15) is 13.3 Å². The molecule has 0 saturated heterocycles. The Balaban J connectivity index is 2.54. The molecule has 0 rings (SSSR count). The van der Waals surface area contributed by atoms with Crippen LogP contribution in [0, 0.1) is 0 Å². The summed E-state index contributed by atoms with van der Waals surface area (Å²) in [6, 6.07) is 0. The van der Waals surface area contributed by atoms with Gasteiger partial charge in [0.15, 0.2) is 0 Å². The van der Waals surface area contributed by atoms with E-state index in [1.807, 2.05) is 0 Å². The molecule has 0 fully saturated rings. The Morgan fingerprint density at radius 1 is 2.00 bits per heavy atom. The van der Waals surface area contributed by atoms with E-state index in [9.17, 15) is 0 Å². The van der Waals surface area contributed by atoms with Crippen molar-refractivity contribution in [3.05, 3.63) is 0 Å². The quantitative estimate of drug-likeness (QED) is 0.326. The molecule has 0 heterocycles. The van der Waals surface area contributed by atoms with Crippen molar-refractivity contribution in [2.24, 2.45) is 0 Å². The lowest BCUT2D eigenvalue weighted by Crippen LogP contribution is -1.88. The molecule has 0 saturated carbocycles. The third-order valence-electron chi connectivity index (χ3n) is 0.471. The van der Waals surface area contributed by atoms with Gasteiger partial charge in [-0.15, -0.1) is 9.24 Å². The van der Waals surface area contributed by atoms with Gasteiger partial charge in [0.05, 0.1) is 7.85 Å². The Morgan fingerprint density at radius 2 is 2.20 bits per heavy atom. The smallest absolute Gasteiger partial charge is 0.0756 e. The SMILES string of the molecule is [B]C(P)CC. The van der Waals surface area contributed by atoms with E-state index in [1.54, 1.807) is 0 Å². The zero-order chi connectivity index (χ0) is 4.28. The van der Waals surface area contributed by atoms with Crippen molar-refractivity contribution < 1.29 is 0 Å². The first kappa shape index (κ1) is 5.49. The Morgan fingerprint density at radius 3 is 2.20 bits per heavy atom. The Hall–Kier alpha value is 0.495. The second-order valence-corrected chi connectivity index (χ2v) is 1.93. The largest absolute Gasteiger partial charge is 0.143 e. The van der Waals surface area contributed by atoms with E-state index in [0.29, 0.717) is 5.56 Å². The van der Waals surface area contributed by atoms with Gasteiger partial charge in [-0.2, -0.15) is 0 Å². The molecule has 5 heavy (non-hydrogen) atoms. The van der Waals surface area contributed by atoms with Crippen LogP contribution in [-0.2, 0) is 0 Å². The minimum Gasteiger partial charge on any atom is -0.143 e. The number of rotatable bonds is 1. The molecule has 0 nitrogen and oxygen atoms in total. The van der Waals surface area contributed by atoms with Gasteiger partial charge in [-0.25, -0.2) is 0 Å². The summed E-state index contributed by atoms with van der Waals surface area (Å²) in [7, 11) is 7.77. The minimum atomic E-state index is 0.301. The molecule has 0 amide bonds. The predicted octanol–water partition coefficient (Wildman–Crippen LogP) is 0.766. The van der Waals surface area contributed by atoms with Crippen LogP contribution in [-0.4, -0.2) is 13.4 Å². The first-order valence-corrected chi connectivity index (χ1v) is 2.45. The van der Waals surface area contributed by atoms with Crippen LogP contribution in [0.5, 0.6) is 0 Å². The number of hydrogen-bond donors (Lipinski definition) is 0. The summed E-state index contributed by atoms with van der Waals surface area (Å²) in [5, 5.41) is 0. The fourth-order valence-corrected chi connectivity index (χ4v) is 0. The van der Waals surface area contributed by atoms with E-state index in [1.165, 1.54) is 0 Å². The van der Waals surface area contributed by atoms with Crippen molar-refractivity contribution in [3.8, 4) is 0 Å². The van der Waals surface area contributed by atoms with Gasteiger partial charge >= 0.3 is 0 Å². The Labute approximate surface area is 37.0 Å².